The van der Waals surface area contributed by atoms with Gasteiger partial charge in [0.2, 0.25) is 0 Å². The Bertz CT molecular complexity index is 325. The molecule has 1 aromatic rings. The molecular weight excluding hydrogens is 260 g/mol. The quantitative estimate of drug-likeness (QED) is 0.839. The average Bonchev–Trinajstić information content (AvgIpc) is 2.61. The molecule has 0 aliphatic carbocycles. The van der Waals surface area contributed by atoms with Gasteiger partial charge in [-0.1, -0.05) is 34.4 Å². The molecule has 1 unspecified atom stereocenters. The Kier molecular flexibility index (Phi) is 4.81. The summed E-state index contributed by atoms with van der Waals surface area (Å²) in [6, 6.07) is 0. The van der Waals surface area contributed by atoms with Crippen LogP contribution in [0.1, 0.15) is 35.9 Å². The molecule has 1 aromatic heterocycles. The first-order chi connectivity index (χ1) is 7.15. The minimum absolute atomic E-state index is 0.130. The highest BCUT2D eigenvalue weighted by Crippen LogP contribution is 2.08. The SMILES string of the molecule is CCCC(Br)CNC(=O)c1cnoc1C. The second-order valence-corrected chi connectivity index (χ2v) is 4.69. The highest BCUT2D eigenvalue weighted by atomic mass is 79.9. The summed E-state index contributed by atoms with van der Waals surface area (Å²) in [5, 5.41) is 6.38. The van der Waals surface area contributed by atoms with Gasteiger partial charge < -0.3 is 9.84 Å². The summed E-state index contributed by atoms with van der Waals surface area (Å²) in [5.74, 6) is 0.420. The minimum Gasteiger partial charge on any atom is -0.361 e. The molecule has 5 heteroatoms. The van der Waals surface area contributed by atoms with Gasteiger partial charge in [-0.05, 0) is 13.3 Å². The third kappa shape index (κ3) is 3.66. The largest absolute Gasteiger partial charge is 0.361 e. The molecule has 4 nitrogen and oxygen atoms in total. The predicted molar refractivity (Wildman–Crippen MR) is 61.2 cm³/mol. The number of alkyl halides is 1. The zero-order valence-electron chi connectivity index (χ0n) is 8.92. The average molecular weight is 275 g/mol. The van der Waals surface area contributed by atoms with E-state index in [-0.39, 0.29) is 5.91 Å². The van der Waals surface area contributed by atoms with Crippen LogP contribution in [0.3, 0.4) is 0 Å². The Morgan fingerprint density at radius 2 is 2.47 bits per heavy atom. The summed E-state index contributed by atoms with van der Waals surface area (Å²) in [6.07, 6.45) is 3.58. The Hall–Kier alpha value is -0.840. The summed E-state index contributed by atoms with van der Waals surface area (Å²) in [4.78, 5) is 11.9. The third-order valence-corrected chi connectivity index (χ3v) is 2.86. The van der Waals surface area contributed by atoms with Crippen molar-refractivity contribution < 1.29 is 9.32 Å². The van der Waals surface area contributed by atoms with E-state index in [1.807, 2.05) is 0 Å². The third-order valence-electron chi connectivity index (χ3n) is 2.08. The molecule has 1 amide bonds. The number of hydrogen-bond donors (Lipinski definition) is 1. The molecule has 1 rings (SSSR count). The summed E-state index contributed by atoms with van der Waals surface area (Å²) >= 11 is 3.49. The number of hydrogen-bond acceptors (Lipinski definition) is 3. The molecule has 0 saturated carbocycles. The molecule has 1 atom stereocenters. The molecule has 0 bridgehead atoms. The first-order valence-corrected chi connectivity index (χ1v) is 5.90. The first kappa shape index (κ1) is 12.2. The smallest absolute Gasteiger partial charge is 0.256 e. The molecule has 1 heterocycles. The van der Waals surface area contributed by atoms with Crippen LogP contribution >= 0.6 is 15.9 Å². The summed E-state index contributed by atoms with van der Waals surface area (Å²) in [7, 11) is 0. The maximum absolute atomic E-state index is 11.6. The minimum atomic E-state index is -0.130. The lowest BCUT2D eigenvalue weighted by atomic mass is 10.2. The van der Waals surface area contributed by atoms with Crippen LogP contribution in [-0.4, -0.2) is 22.4 Å². The molecule has 0 radical (unpaired) electrons. The van der Waals surface area contributed by atoms with Crippen molar-refractivity contribution in [2.24, 2.45) is 0 Å². The summed E-state index contributed by atoms with van der Waals surface area (Å²) in [5.41, 5.74) is 0.506. The van der Waals surface area contributed by atoms with Crippen LogP contribution in [0.5, 0.6) is 0 Å². The van der Waals surface area contributed by atoms with Crippen molar-refractivity contribution in [1.29, 1.82) is 0 Å². The molecule has 15 heavy (non-hydrogen) atoms. The Morgan fingerprint density at radius 3 is 3.00 bits per heavy atom. The number of rotatable bonds is 5. The number of halogens is 1. The standard InChI is InChI=1S/C10H15BrN2O2/c1-3-4-8(11)5-12-10(14)9-6-13-15-7(9)2/h6,8H,3-5H2,1-2H3,(H,12,14). The van der Waals surface area contributed by atoms with Crippen molar-refractivity contribution in [3.8, 4) is 0 Å². The monoisotopic (exact) mass is 274 g/mol. The van der Waals surface area contributed by atoms with Gasteiger partial charge in [0.1, 0.15) is 11.3 Å². The molecule has 84 valence electrons. The lowest BCUT2D eigenvalue weighted by molar-refractivity contribution is 0.0952. The van der Waals surface area contributed by atoms with E-state index in [1.165, 1.54) is 6.20 Å². The lowest BCUT2D eigenvalue weighted by Crippen LogP contribution is -2.29. The van der Waals surface area contributed by atoms with Crippen LogP contribution < -0.4 is 5.32 Å². The van der Waals surface area contributed by atoms with E-state index in [0.717, 1.165) is 12.8 Å². The van der Waals surface area contributed by atoms with Crippen molar-refractivity contribution in [3.63, 3.8) is 0 Å². The number of aryl methyl sites for hydroxylation is 1. The maximum atomic E-state index is 11.6. The van der Waals surface area contributed by atoms with E-state index in [1.54, 1.807) is 6.92 Å². The normalized spacial score (nSPS) is 12.5. The van der Waals surface area contributed by atoms with E-state index in [2.05, 4.69) is 33.3 Å². The second-order valence-electron chi connectivity index (χ2n) is 3.39. The van der Waals surface area contributed by atoms with Gasteiger partial charge in [0.15, 0.2) is 0 Å². The highest BCUT2D eigenvalue weighted by Gasteiger charge is 2.13. The van der Waals surface area contributed by atoms with Crippen LogP contribution in [0, 0.1) is 6.92 Å². The van der Waals surface area contributed by atoms with Crippen molar-refractivity contribution in [2.75, 3.05) is 6.54 Å². The molecule has 0 spiro atoms. The van der Waals surface area contributed by atoms with E-state index in [4.69, 9.17) is 4.52 Å². The van der Waals surface area contributed by atoms with Crippen molar-refractivity contribution in [3.05, 3.63) is 17.5 Å². The fourth-order valence-electron chi connectivity index (χ4n) is 1.23. The summed E-state index contributed by atoms with van der Waals surface area (Å²) < 4.78 is 4.82. The predicted octanol–water partition coefficient (Wildman–Crippen LogP) is 2.28. The van der Waals surface area contributed by atoms with Gasteiger partial charge in [-0.2, -0.15) is 0 Å². The van der Waals surface area contributed by atoms with E-state index >= 15 is 0 Å². The number of aromatic nitrogens is 1. The van der Waals surface area contributed by atoms with Crippen LogP contribution in [0.2, 0.25) is 0 Å². The molecular formula is C10H15BrN2O2. The number of amides is 1. The van der Waals surface area contributed by atoms with E-state index in [0.29, 0.717) is 22.7 Å². The van der Waals surface area contributed by atoms with Crippen LogP contribution in [0.25, 0.3) is 0 Å². The van der Waals surface area contributed by atoms with Crippen molar-refractivity contribution in [1.82, 2.24) is 10.5 Å². The molecule has 0 saturated heterocycles. The van der Waals surface area contributed by atoms with Crippen molar-refractivity contribution in [2.45, 2.75) is 31.5 Å². The Balaban J connectivity index is 2.40. The lowest BCUT2D eigenvalue weighted by Gasteiger charge is -2.09. The van der Waals surface area contributed by atoms with Gasteiger partial charge >= 0.3 is 0 Å². The van der Waals surface area contributed by atoms with E-state index < -0.39 is 0 Å². The summed E-state index contributed by atoms with van der Waals surface area (Å²) in [6.45, 7) is 4.46. The number of carbonyl (C=O) groups is 1. The number of nitrogens with zero attached hydrogens (tertiary/aromatic N) is 1. The van der Waals surface area contributed by atoms with Crippen LogP contribution in [0.4, 0.5) is 0 Å². The fraction of sp³-hybridized carbons (Fsp3) is 0.600. The number of nitrogens with one attached hydrogen (secondary N) is 1. The fourth-order valence-corrected chi connectivity index (χ4v) is 1.85. The van der Waals surface area contributed by atoms with Crippen molar-refractivity contribution >= 4 is 21.8 Å². The first-order valence-electron chi connectivity index (χ1n) is 4.98. The number of carbonyl (C=O) groups excluding carboxylic acids is 1. The molecule has 0 aliphatic heterocycles. The van der Waals surface area contributed by atoms with Crippen LogP contribution in [0.15, 0.2) is 10.7 Å². The zero-order chi connectivity index (χ0) is 11.3. The van der Waals surface area contributed by atoms with Gasteiger partial charge in [-0.25, -0.2) is 0 Å². The van der Waals surface area contributed by atoms with Gasteiger partial charge in [-0.3, -0.25) is 4.79 Å². The molecule has 0 fully saturated rings. The zero-order valence-corrected chi connectivity index (χ0v) is 10.5. The molecule has 0 aliphatic rings. The van der Waals surface area contributed by atoms with Gasteiger partial charge in [-0.15, -0.1) is 0 Å². The maximum Gasteiger partial charge on any atom is 0.256 e. The molecule has 1 N–H and O–H groups in total. The topological polar surface area (TPSA) is 55.1 Å². The van der Waals surface area contributed by atoms with E-state index in [9.17, 15) is 4.79 Å². The second kappa shape index (κ2) is 5.90. The Labute approximate surface area is 97.5 Å². The van der Waals surface area contributed by atoms with Gasteiger partial charge in [0.25, 0.3) is 5.91 Å². The van der Waals surface area contributed by atoms with Gasteiger partial charge in [0, 0.05) is 11.4 Å². The Morgan fingerprint density at radius 1 is 1.73 bits per heavy atom. The van der Waals surface area contributed by atoms with Crippen LogP contribution in [-0.2, 0) is 0 Å². The van der Waals surface area contributed by atoms with Gasteiger partial charge in [0.05, 0.1) is 6.20 Å². The highest BCUT2D eigenvalue weighted by molar-refractivity contribution is 9.09. The molecule has 0 aromatic carbocycles.